The minimum Gasteiger partial charge on any atom is -0.318 e. The summed E-state index contributed by atoms with van der Waals surface area (Å²) in [5, 5.41) is 6.15. The third-order valence-corrected chi connectivity index (χ3v) is 1.34. The fourth-order valence-electron chi connectivity index (χ4n) is 0.739. The average Bonchev–Trinajstić information content (AvgIpc) is 2.34. The van der Waals surface area contributed by atoms with E-state index in [1.807, 2.05) is 0 Å². The molecular formula is C6H9F2N3. The predicted molar refractivity (Wildman–Crippen MR) is 36.3 cm³/mol. The molecular weight excluding hydrogens is 152 g/mol. The Morgan fingerprint density at radius 3 is 2.64 bits per heavy atom. The van der Waals surface area contributed by atoms with Crippen LogP contribution in [0.25, 0.3) is 0 Å². The highest BCUT2D eigenvalue weighted by molar-refractivity contribution is 5.11. The minimum absolute atomic E-state index is 0.206. The molecule has 0 saturated heterocycles. The maximum Gasteiger partial charge on any atom is 0.259 e. The van der Waals surface area contributed by atoms with Gasteiger partial charge in [-0.1, -0.05) is 0 Å². The van der Waals surface area contributed by atoms with Crippen molar-refractivity contribution < 1.29 is 8.78 Å². The molecule has 1 rings (SSSR count). The van der Waals surface area contributed by atoms with E-state index in [0.717, 1.165) is 5.69 Å². The minimum atomic E-state index is -2.56. The van der Waals surface area contributed by atoms with Crippen LogP contribution in [-0.2, 0) is 0 Å². The Morgan fingerprint density at radius 2 is 2.27 bits per heavy atom. The summed E-state index contributed by atoms with van der Waals surface area (Å²) in [7, 11) is 0. The molecule has 0 amide bonds. The summed E-state index contributed by atoms with van der Waals surface area (Å²) in [6, 6.07) is 0.233. The van der Waals surface area contributed by atoms with E-state index in [-0.39, 0.29) is 5.69 Å². The van der Waals surface area contributed by atoms with Crippen molar-refractivity contribution in [2.75, 3.05) is 0 Å². The number of nitrogens with one attached hydrogen (secondary N) is 1. The molecule has 1 atom stereocenters. The lowest BCUT2D eigenvalue weighted by molar-refractivity contribution is 0.114. The SMILES string of the molecule is Cc1cc(C(N)C(F)F)n[nH]1. The van der Waals surface area contributed by atoms with Gasteiger partial charge in [0.25, 0.3) is 6.43 Å². The molecule has 0 aliphatic rings. The number of hydrogen-bond donors (Lipinski definition) is 2. The van der Waals surface area contributed by atoms with E-state index < -0.39 is 12.5 Å². The van der Waals surface area contributed by atoms with Crippen LogP contribution in [0.4, 0.5) is 8.78 Å². The van der Waals surface area contributed by atoms with E-state index in [9.17, 15) is 8.78 Å². The zero-order valence-corrected chi connectivity index (χ0v) is 6.01. The first-order valence-corrected chi connectivity index (χ1v) is 3.17. The molecule has 3 nitrogen and oxygen atoms in total. The fraction of sp³-hybridized carbons (Fsp3) is 0.500. The van der Waals surface area contributed by atoms with Crippen LogP contribution in [0, 0.1) is 6.92 Å². The summed E-state index contributed by atoms with van der Waals surface area (Å²) < 4.78 is 23.9. The monoisotopic (exact) mass is 161 g/mol. The Bertz CT molecular complexity index is 233. The van der Waals surface area contributed by atoms with Crippen molar-refractivity contribution in [3.05, 3.63) is 17.5 Å². The van der Waals surface area contributed by atoms with Crippen molar-refractivity contribution >= 4 is 0 Å². The maximum atomic E-state index is 11.9. The first kappa shape index (κ1) is 8.13. The van der Waals surface area contributed by atoms with Crippen molar-refractivity contribution in [3.8, 4) is 0 Å². The number of alkyl halides is 2. The lowest BCUT2D eigenvalue weighted by Crippen LogP contribution is -2.19. The van der Waals surface area contributed by atoms with Gasteiger partial charge in [-0.25, -0.2) is 8.78 Å². The molecule has 0 radical (unpaired) electrons. The summed E-state index contributed by atoms with van der Waals surface area (Å²) in [5.41, 5.74) is 6.06. The van der Waals surface area contributed by atoms with Gasteiger partial charge in [-0.3, -0.25) is 5.10 Å². The van der Waals surface area contributed by atoms with Gasteiger partial charge in [0.05, 0.1) is 5.69 Å². The second kappa shape index (κ2) is 2.96. The van der Waals surface area contributed by atoms with E-state index in [2.05, 4.69) is 10.2 Å². The van der Waals surface area contributed by atoms with Gasteiger partial charge >= 0.3 is 0 Å². The maximum absolute atomic E-state index is 11.9. The predicted octanol–water partition coefficient (Wildman–Crippen LogP) is 0.983. The van der Waals surface area contributed by atoms with Gasteiger partial charge in [-0.05, 0) is 13.0 Å². The van der Waals surface area contributed by atoms with Gasteiger partial charge in [-0.2, -0.15) is 5.10 Å². The average molecular weight is 161 g/mol. The zero-order chi connectivity index (χ0) is 8.43. The van der Waals surface area contributed by atoms with Crippen LogP contribution in [0.3, 0.4) is 0 Å². The Kier molecular flexibility index (Phi) is 2.19. The standard InChI is InChI=1S/C6H9F2N3/c1-3-2-4(11-10-3)5(9)6(7)8/h2,5-6H,9H2,1H3,(H,10,11). The smallest absolute Gasteiger partial charge is 0.259 e. The van der Waals surface area contributed by atoms with Crippen LogP contribution in [0.5, 0.6) is 0 Å². The zero-order valence-electron chi connectivity index (χ0n) is 6.01. The van der Waals surface area contributed by atoms with Crippen LogP contribution >= 0.6 is 0 Å². The second-order valence-corrected chi connectivity index (χ2v) is 2.34. The Morgan fingerprint density at radius 1 is 1.64 bits per heavy atom. The molecule has 3 N–H and O–H groups in total. The van der Waals surface area contributed by atoms with E-state index in [1.165, 1.54) is 6.07 Å². The van der Waals surface area contributed by atoms with Crippen molar-refractivity contribution in [2.24, 2.45) is 5.73 Å². The highest BCUT2D eigenvalue weighted by atomic mass is 19.3. The van der Waals surface area contributed by atoms with E-state index in [1.54, 1.807) is 6.92 Å². The van der Waals surface area contributed by atoms with Gasteiger partial charge in [0, 0.05) is 5.69 Å². The molecule has 0 saturated carbocycles. The van der Waals surface area contributed by atoms with E-state index in [0.29, 0.717) is 0 Å². The molecule has 5 heteroatoms. The normalized spacial score (nSPS) is 13.9. The summed E-state index contributed by atoms with van der Waals surface area (Å²) in [5.74, 6) is 0. The summed E-state index contributed by atoms with van der Waals surface area (Å²) >= 11 is 0. The van der Waals surface area contributed by atoms with E-state index >= 15 is 0 Å². The highest BCUT2D eigenvalue weighted by Gasteiger charge is 2.19. The molecule has 0 aliphatic carbocycles. The van der Waals surface area contributed by atoms with Crippen molar-refractivity contribution in [1.82, 2.24) is 10.2 Å². The molecule has 0 spiro atoms. The van der Waals surface area contributed by atoms with Crippen LogP contribution in [0.15, 0.2) is 6.07 Å². The second-order valence-electron chi connectivity index (χ2n) is 2.34. The van der Waals surface area contributed by atoms with Gasteiger partial charge in [0.1, 0.15) is 6.04 Å². The lowest BCUT2D eigenvalue weighted by Gasteiger charge is -2.04. The summed E-state index contributed by atoms with van der Waals surface area (Å²) in [6.07, 6.45) is -2.56. The molecule has 0 aromatic carbocycles. The van der Waals surface area contributed by atoms with Crippen LogP contribution in [0.1, 0.15) is 17.4 Å². The van der Waals surface area contributed by atoms with Crippen molar-refractivity contribution in [3.63, 3.8) is 0 Å². The molecule has 11 heavy (non-hydrogen) atoms. The van der Waals surface area contributed by atoms with Crippen LogP contribution < -0.4 is 5.73 Å². The first-order chi connectivity index (χ1) is 5.11. The third-order valence-electron chi connectivity index (χ3n) is 1.34. The summed E-state index contributed by atoms with van der Waals surface area (Å²) in [4.78, 5) is 0. The number of H-pyrrole nitrogens is 1. The quantitative estimate of drug-likeness (QED) is 0.679. The first-order valence-electron chi connectivity index (χ1n) is 3.17. The molecule has 1 unspecified atom stereocenters. The Balaban J connectivity index is 2.76. The summed E-state index contributed by atoms with van der Waals surface area (Å²) in [6.45, 7) is 1.73. The Labute approximate surface area is 62.6 Å². The van der Waals surface area contributed by atoms with Crippen LogP contribution in [-0.4, -0.2) is 16.6 Å². The van der Waals surface area contributed by atoms with E-state index in [4.69, 9.17) is 5.73 Å². The van der Waals surface area contributed by atoms with Crippen molar-refractivity contribution in [1.29, 1.82) is 0 Å². The van der Waals surface area contributed by atoms with Crippen molar-refractivity contribution in [2.45, 2.75) is 19.4 Å². The fourth-order valence-corrected chi connectivity index (χ4v) is 0.739. The molecule has 0 bridgehead atoms. The number of nitrogens with two attached hydrogens (primary N) is 1. The highest BCUT2D eigenvalue weighted by Crippen LogP contribution is 2.15. The molecule has 1 heterocycles. The molecule has 0 fully saturated rings. The number of aromatic amines is 1. The number of aromatic nitrogens is 2. The third kappa shape index (κ3) is 1.74. The largest absolute Gasteiger partial charge is 0.318 e. The lowest BCUT2D eigenvalue weighted by atomic mass is 10.2. The Hall–Kier alpha value is -0.970. The van der Waals surface area contributed by atoms with Crippen LogP contribution in [0.2, 0.25) is 0 Å². The number of rotatable bonds is 2. The number of halogens is 2. The number of hydrogen-bond acceptors (Lipinski definition) is 2. The molecule has 1 aromatic rings. The topological polar surface area (TPSA) is 54.7 Å². The van der Waals surface area contributed by atoms with Gasteiger partial charge in [-0.15, -0.1) is 0 Å². The number of aryl methyl sites for hydroxylation is 1. The van der Waals surface area contributed by atoms with Gasteiger partial charge in [0.2, 0.25) is 0 Å². The number of nitrogens with zero attached hydrogens (tertiary/aromatic N) is 1. The molecule has 62 valence electrons. The van der Waals surface area contributed by atoms with Gasteiger partial charge in [0.15, 0.2) is 0 Å². The van der Waals surface area contributed by atoms with Gasteiger partial charge < -0.3 is 5.73 Å². The molecule has 0 aliphatic heterocycles. The molecule has 1 aromatic heterocycles.